The molecular formula is C16H15ClN2O2. The number of fused-ring (bicyclic) bond motifs is 1. The Hall–Kier alpha value is -2.04. The molecule has 3 N–H and O–H groups in total. The van der Waals surface area contributed by atoms with Crippen LogP contribution in [0.25, 0.3) is 0 Å². The summed E-state index contributed by atoms with van der Waals surface area (Å²) in [6.07, 6.45) is 0. The maximum atomic E-state index is 11.2. The van der Waals surface area contributed by atoms with Gasteiger partial charge < -0.3 is 15.8 Å². The van der Waals surface area contributed by atoms with Gasteiger partial charge in [0.1, 0.15) is 0 Å². The summed E-state index contributed by atoms with van der Waals surface area (Å²) in [5, 5.41) is 3.73. The third-order valence-electron chi connectivity index (χ3n) is 3.55. The lowest BCUT2D eigenvalue weighted by Gasteiger charge is -2.27. The Kier molecular flexibility index (Phi) is 3.82. The van der Waals surface area contributed by atoms with Crippen LogP contribution in [0.2, 0.25) is 5.02 Å². The summed E-state index contributed by atoms with van der Waals surface area (Å²) >= 11 is 6.07. The first-order valence-corrected chi connectivity index (χ1v) is 7.04. The van der Waals surface area contributed by atoms with Gasteiger partial charge in [-0.1, -0.05) is 35.9 Å². The van der Waals surface area contributed by atoms with E-state index >= 15 is 0 Å². The number of carbonyl (C=O) groups excluding carboxylic acids is 1. The van der Waals surface area contributed by atoms with Gasteiger partial charge in [-0.2, -0.15) is 0 Å². The third kappa shape index (κ3) is 2.86. The molecule has 2 aromatic rings. The fourth-order valence-electron chi connectivity index (χ4n) is 2.51. The topological polar surface area (TPSA) is 64.4 Å². The van der Waals surface area contributed by atoms with Crippen LogP contribution < -0.4 is 11.1 Å². The predicted octanol–water partition coefficient (Wildman–Crippen LogP) is 3.12. The lowest BCUT2D eigenvalue weighted by molar-refractivity contribution is 0.0969. The minimum atomic E-state index is -0.530. The minimum absolute atomic E-state index is 0.0606. The van der Waals surface area contributed by atoms with Gasteiger partial charge in [0.05, 0.1) is 29.8 Å². The van der Waals surface area contributed by atoms with Crippen LogP contribution in [0.15, 0.2) is 42.5 Å². The first-order valence-electron chi connectivity index (χ1n) is 6.66. The molecule has 1 unspecified atom stereocenters. The van der Waals surface area contributed by atoms with Crippen molar-refractivity contribution in [2.75, 3.05) is 11.9 Å². The zero-order valence-electron chi connectivity index (χ0n) is 11.3. The zero-order valence-corrected chi connectivity index (χ0v) is 12.1. The quantitative estimate of drug-likeness (QED) is 0.915. The van der Waals surface area contributed by atoms with Crippen molar-refractivity contribution in [2.45, 2.75) is 12.6 Å². The molecule has 0 aromatic heterocycles. The number of benzene rings is 2. The lowest BCUT2D eigenvalue weighted by Crippen LogP contribution is -2.23. The maximum Gasteiger partial charge on any atom is 0.250 e. The first kappa shape index (κ1) is 13.9. The van der Waals surface area contributed by atoms with Crippen LogP contribution in [-0.2, 0) is 11.3 Å². The normalized spacial score (nSPS) is 17.1. The van der Waals surface area contributed by atoms with Gasteiger partial charge in [0.25, 0.3) is 0 Å². The van der Waals surface area contributed by atoms with Gasteiger partial charge in [-0.15, -0.1) is 0 Å². The molecule has 1 amide bonds. The van der Waals surface area contributed by atoms with Gasteiger partial charge in [-0.3, -0.25) is 4.79 Å². The molecule has 3 rings (SSSR count). The largest absolute Gasteiger partial charge is 0.376 e. The highest BCUT2D eigenvalue weighted by Crippen LogP contribution is 2.29. The van der Waals surface area contributed by atoms with Crippen LogP contribution in [0.5, 0.6) is 0 Å². The second-order valence-electron chi connectivity index (χ2n) is 4.97. The van der Waals surface area contributed by atoms with Crippen LogP contribution in [0.4, 0.5) is 5.69 Å². The predicted molar refractivity (Wildman–Crippen MR) is 82.4 cm³/mol. The fraction of sp³-hybridized carbons (Fsp3) is 0.188. The van der Waals surface area contributed by atoms with Crippen molar-refractivity contribution in [3.63, 3.8) is 0 Å². The highest BCUT2D eigenvalue weighted by molar-refractivity contribution is 6.34. The van der Waals surface area contributed by atoms with Crippen molar-refractivity contribution in [2.24, 2.45) is 5.73 Å². The van der Waals surface area contributed by atoms with Crippen LogP contribution in [0.1, 0.15) is 27.5 Å². The first-order chi connectivity index (χ1) is 10.1. The molecule has 2 aromatic carbocycles. The molecule has 0 fully saturated rings. The van der Waals surface area contributed by atoms with E-state index in [4.69, 9.17) is 22.1 Å². The van der Waals surface area contributed by atoms with Gasteiger partial charge in [-0.25, -0.2) is 0 Å². The van der Waals surface area contributed by atoms with E-state index in [0.29, 0.717) is 23.8 Å². The van der Waals surface area contributed by atoms with Crippen LogP contribution in [-0.4, -0.2) is 12.5 Å². The van der Waals surface area contributed by atoms with E-state index < -0.39 is 5.91 Å². The van der Waals surface area contributed by atoms with E-state index in [1.54, 1.807) is 18.2 Å². The molecular weight excluding hydrogens is 288 g/mol. The fourth-order valence-corrected chi connectivity index (χ4v) is 2.78. The Morgan fingerprint density at radius 3 is 2.86 bits per heavy atom. The Labute approximate surface area is 127 Å². The maximum absolute atomic E-state index is 11.2. The summed E-state index contributed by atoms with van der Waals surface area (Å²) in [5.41, 5.74) is 8.80. The van der Waals surface area contributed by atoms with Gasteiger partial charge >= 0.3 is 0 Å². The molecule has 4 nitrogen and oxygen atoms in total. The SMILES string of the molecule is NC(=O)c1ccc(NC2COCc3ccccc32)cc1Cl. The van der Waals surface area contributed by atoms with E-state index in [9.17, 15) is 4.79 Å². The summed E-state index contributed by atoms with van der Waals surface area (Å²) in [5.74, 6) is -0.530. The van der Waals surface area contributed by atoms with E-state index in [2.05, 4.69) is 17.4 Å². The van der Waals surface area contributed by atoms with Crippen molar-refractivity contribution in [3.8, 4) is 0 Å². The Morgan fingerprint density at radius 2 is 2.10 bits per heavy atom. The number of nitrogens with two attached hydrogens (primary N) is 1. The molecule has 0 saturated carbocycles. The molecule has 0 saturated heterocycles. The minimum Gasteiger partial charge on any atom is -0.376 e. The van der Waals surface area contributed by atoms with E-state index in [0.717, 1.165) is 5.69 Å². The molecule has 0 spiro atoms. The van der Waals surface area contributed by atoms with Gasteiger partial charge in [-0.05, 0) is 29.3 Å². The van der Waals surface area contributed by atoms with E-state index in [-0.39, 0.29) is 6.04 Å². The van der Waals surface area contributed by atoms with Gasteiger partial charge in [0.15, 0.2) is 0 Å². The van der Waals surface area contributed by atoms with Crippen molar-refractivity contribution >= 4 is 23.2 Å². The molecule has 1 atom stereocenters. The molecule has 108 valence electrons. The molecule has 5 heteroatoms. The smallest absolute Gasteiger partial charge is 0.250 e. The van der Waals surface area contributed by atoms with E-state index in [1.165, 1.54) is 11.1 Å². The molecule has 1 heterocycles. The Morgan fingerprint density at radius 1 is 1.29 bits per heavy atom. The number of primary amides is 1. The number of nitrogens with one attached hydrogen (secondary N) is 1. The van der Waals surface area contributed by atoms with Crippen LogP contribution in [0, 0.1) is 0 Å². The second kappa shape index (κ2) is 5.76. The number of hydrogen-bond donors (Lipinski definition) is 2. The third-order valence-corrected chi connectivity index (χ3v) is 3.86. The number of anilines is 1. The molecule has 0 aliphatic carbocycles. The molecule has 1 aliphatic heterocycles. The van der Waals surface area contributed by atoms with Crippen molar-refractivity contribution < 1.29 is 9.53 Å². The average Bonchev–Trinajstić information content (AvgIpc) is 2.47. The summed E-state index contributed by atoms with van der Waals surface area (Å²) in [6.45, 7) is 1.22. The molecule has 21 heavy (non-hydrogen) atoms. The number of amides is 1. The van der Waals surface area contributed by atoms with Gasteiger partial charge in [0, 0.05) is 5.69 Å². The number of ether oxygens (including phenoxy) is 1. The standard InChI is InChI=1S/C16H15ClN2O2/c17-14-7-11(5-6-13(14)16(18)20)19-15-9-21-8-10-3-1-2-4-12(10)15/h1-7,15,19H,8-9H2,(H2,18,20). The summed E-state index contributed by atoms with van der Waals surface area (Å²) in [7, 11) is 0. The van der Waals surface area contributed by atoms with Crippen LogP contribution >= 0.6 is 11.6 Å². The molecule has 1 aliphatic rings. The Bertz CT molecular complexity index is 688. The van der Waals surface area contributed by atoms with Crippen LogP contribution in [0.3, 0.4) is 0 Å². The van der Waals surface area contributed by atoms with Gasteiger partial charge in [0.2, 0.25) is 5.91 Å². The highest BCUT2D eigenvalue weighted by atomic mass is 35.5. The number of carbonyl (C=O) groups is 1. The molecule has 0 bridgehead atoms. The molecule has 0 radical (unpaired) electrons. The van der Waals surface area contributed by atoms with Crippen molar-refractivity contribution in [1.82, 2.24) is 0 Å². The number of halogens is 1. The lowest BCUT2D eigenvalue weighted by atomic mass is 9.99. The monoisotopic (exact) mass is 302 g/mol. The van der Waals surface area contributed by atoms with E-state index in [1.807, 2.05) is 12.1 Å². The second-order valence-corrected chi connectivity index (χ2v) is 5.38. The number of rotatable bonds is 3. The average molecular weight is 303 g/mol. The highest BCUT2D eigenvalue weighted by Gasteiger charge is 2.20. The summed E-state index contributed by atoms with van der Waals surface area (Å²) < 4.78 is 5.60. The summed E-state index contributed by atoms with van der Waals surface area (Å²) in [6, 6.07) is 13.4. The number of hydrogen-bond acceptors (Lipinski definition) is 3. The zero-order chi connectivity index (χ0) is 14.8. The van der Waals surface area contributed by atoms with Crippen molar-refractivity contribution in [1.29, 1.82) is 0 Å². The van der Waals surface area contributed by atoms with Crippen molar-refractivity contribution in [3.05, 3.63) is 64.2 Å². The Balaban J connectivity index is 1.85. The summed E-state index contributed by atoms with van der Waals surface area (Å²) in [4.78, 5) is 11.2.